The zero-order valence-corrected chi connectivity index (χ0v) is 12.3. The first kappa shape index (κ1) is 13.6. The van der Waals surface area contributed by atoms with Crippen molar-refractivity contribution in [3.63, 3.8) is 0 Å². The molecule has 0 saturated heterocycles. The van der Waals surface area contributed by atoms with Crippen LogP contribution in [0.25, 0.3) is 0 Å². The summed E-state index contributed by atoms with van der Waals surface area (Å²) in [6.07, 6.45) is 6.36. The fourth-order valence-electron chi connectivity index (χ4n) is 3.52. The Morgan fingerprint density at radius 3 is 2.60 bits per heavy atom. The number of hydrogen-bond donors (Lipinski definition) is 0. The van der Waals surface area contributed by atoms with E-state index in [2.05, 4.69) is 6.07 Å². The van der Waals surface area contributed by atoms with Gasteiger partial charge in [-0.1, -0.05) is 18.9 Å². The highest BCUT2D eigenvalue weighted by molar-refractivity contribution is 7.92. The average Bonchev–Trinajstić information content (AvgIpc) is 2.94. The molecule has 4 heteroatoms. The van der Waals surface area contributed by atoms with Crippen LogP contribution < -0.4 is 0 Å². The largest absolute Gasteiger partial charge is 0.223 e. The summed E-state index contributed by atoms with van der Waals surface area (Å²) in [5.74, 6) is -0.345. The minimum atomic E-state index is -3.37. The van der Waals surface area contributed by atoms with Crippen LogP contribution in [0.2, 0.25) is 0 Å². The summed E-state index contributed by atoms with van der Waals surface area (Å²) in [5, 5.41) is 8.70. The zero-order chi connectivity index (χ0) is 14.2. The molecule has 2 aliphatic carbocycles. The first-order chi connectivity index (χ1) is 9.63. The van der Waals surface area contributed by atoms with Crippen LogP contribution >= 0.6 is 0 Å². The summed E-state index contributed by atoms with van der Waals surface area (Å²) in [5.41, 5.74) is 2.46. The van der Waals surface area contributed by atoms with Gasteiger partial charge in [-0.25, -0.2) is 8.42 Å². The summed E-state index contributed by atoms with van der Waals surface area (Å²) in [6.45, 7) is 0. The van der Waals surface area contributed by atoms with Crippen molar-refractivity contribution in [3.8, 4) is 6.07 Å². The van der Waals surface area contributed by atoms with Gasteiger partial charge in [-0.2, -0.15) is 5.26 Å². The lowest BCUT2D eigenvalue weighted by Crippen LogP contribution is -2.32. The molecule has 1 saturated carbocycles. The lowest BCUT2D eigenvalue weighted by molar-refractivity contribution is 0.418. The Bertz CT molecular complexity index is 658. The van der Waals surface area contributed by atoms with Gasteiger partial charge in [-0.15, -0.1) is 0 Å². The highest BCUT2D eigenvalue weighted by Crippen LogP contribution is 2.34. The molecule has 0 N–H and O–H groups in total. The third kappa shape index (κ3) is 2.25. The molecular weight excluding hydrogens is 270 g/mol. The normalized spacial score (nSPS) is 25.9. The van der Waals surface area contributed by atoms with Gasteiger partial charge in [0.2, 0.25) is 0 Å². The number of hydrogen-bond acceptors (Lipinski definition) is 3. The van der Waals surface area contributed by atoms with E-state index in [1.165, 1.54) is 11.1 Å². The third-order valence-electron chi connectivity index (χ3n) is 4.67. The summed E-state index contributed by atoms with van der Waals surface area (Å²) < 4.78 is 25.6. The molecule has 2 unspecified atom stereocenters. The molecule has 106 valence electrons. The van der Waals surface area contributed by atoms with Crippen LogP contribution in [0.4, 0.5) is 0 Å². The molecule has 3 nitrogen and oxygen atoms in total. The number of aryl methyl sites for hydroxylation is 2. The lowest BCUT2D eigenvalue weighted by atomic mass is 9.90. The van der Waals surface area contributed by atoms with Gasteiger partial charge in [0.05, 0.1) is 22.1 Å². The van der Waals surface area contributed by atoms with Gasteiger partial charge in [0.1, 0.15) is 0 Å². The fourth-order valence-corrected chi connectivity index (χ4v) is 5.54. The van der Waals surface area contributed by atoms with E-state index in [1.807, 2.05) is 12.1 Å². The van der Waals surface area contributed by atoms with Crippen molar-refractivity contribution in [2.24, 2.45) is 5.92 Å². The Morgan fingerprint density at radius 2 is 1.80 bits per heavy atom. The monoisotopic (exact) mass is 289 g/mol. The minimum absolute atomic E-state index is 0.345. The molecule has 0 radical (unpaired) electrons. The van der Waals surface area contributed by atoms with E-state index in [0.29, 0.717) is 17.7 Å². The van der Waals surface area contributed by atoms with E-state index < -0.39 is 15.1 Å². The quantitative estimate of drug-likeness (QED) is 0.841. The SMILES string of the molecule is N#CC1CCCCC1S(=O)(=O)c1ccc2c(c1)CCC2. The molecule has 3 rings (SSSR count). The predicted octanol–water partition coefficient (Wildman–Crippen LogP) is 3.03. The van der Waals surface area contributed by atoms with Crippen LogP contribution in [0.3, 0.4) is 0 Å². The molecule has 2 aliphatic rings. The summed E-state index contributed by atoms with van der Waals surface area (Å²) in [6, 6.07) is 7.75. The number of fused-ring (bicyclic) bond motifs is 1. The molecular formula is C16H19NO2S. The maximum absolute atomic E-state index is 12.8. The predicted molar refractivity (Wildman–Crippen MR) is 77.0 cm³/mol. The lowest BCUT2D eigenvalue weighted by Gasteiger charge is -2.26. The zero-order valence-electron chi connectivity index (χ0n) is 11.5. The fraction of sp³-hybridized carbons (Fsp3) is 0.562. The smallest absolute Gasteiger partial charge is 0.182 e. The highest BCUT2D eigenvalue weighted by atomic mass is 32.2. The molecule has 0 amide bonds. The summed E-state index contributed by atoms with van der Waals surface area (Å²) in [7, 11) is -3.37. The van der Waals surface area contributed by atoms with Crippen molar-refractivity contribution < 1.29 is 8.42 Å². The van der Waals surface area contributed by atoms with Gasteiger partial charge in [-0.3, -0.25) is 0 Å². The van der Waals surface area contributed by atoms with Crippen LogP contribution in [0.1, 0.15) is 43.2 Å². The first-order valence-electron chi connectivity index (χ1n) is 7.38. The first-order valence-corrected chi connectivity index (χ1v) is 8.93. The van der Waals surface area contributed by atoms with Gasteiger partial charge in [-0.05, 0) is 55.4 Å². The van der Waals surface area contributed by atoms with E-state index in [-0.39, 0.29) is 5.92 Å². The van der Waals surface area contributed by atoms with Crippen molar-refractivity contribution >= 4 is 9.84 Å². The molecule has 2 atom stereocenters. The molecule has 0 spiro atoms. The second kappa shape index (κ2) is 5.21. The van der Waals surface area contributed by atoms with E-state index in [9.17, 15) is 13.7 Å². The molecule has 0 aliphatic heterocycles. The van der Waals surface area contributed by atoms with Crippen molar-refractivity contribution in [1.82, 2.24) is 0 Å². The summed E-state index contributed by atoms with van der Waals surface area (Å²) >= 11 is 0. The van der Waals surface area contributed by atoms with Crippen molar-refractivity contribution in [1.29, 1.82) is 5.26 Å². The van der Waals surface area contributed by atoms with Crippen molar-refractivity contribution in [3.05, 3.63) is 29.3 Å². The Kier molecular flexibility index (Phi) is 3.55. The summed E-state index contributed by atoms with van der Waals surface area (Å²) in [4.78, 5) is 0.422. The molecule has 20 heavy (non-hydrogen) atoms. The van der Waals surface area contributed by atoms with E-state index in [0.717, 1.165) is 32.1 Å². The van der Waals surface area contributed by atoms with Gasteiger partial charge in [0, 0.05) is 0 Å². The van der Waals surface area contributed by atoms with Crippen LogP contribution in [0.5, 0.6) is 0 Å². The molecule has 1 fully saturated rings. The molecule has 0 bridgehead atoms. The maximum atomic E-state index is 12.8. The minimum Gasteiger partial charge on any atom is -0.223 e. The number of nitrogens with zero attached hydrogens (tertiary/aromatic N) is 1. The van der Waals surface area contributed by atoms with Crippen LogP contribution in [0, 0.1) is 17.2 Å². The van der Waals surface area contributed by atoms with E-state index in [4.69, 9.17) is 0 Å². The Hall–Kier alpha value is -1.34. The van der Waals surface area contributed by atoms with Crippen LogP contribution in [-0.2, 0) is 22.7 Å². The van der Waals surface area contributed by atoms with Crippen LogP contribution in [-0.4, -0.2) is 13.7 Å². The van der Waals surface area contributed by atoms with Crippen molar-refractivity contribution in [2.75, 3.05) is 0 Å². The van der Waals surface area contributed by atoms with Gasteiger partial charge in [0.25, 0.3) is 0 Å². The maximum Gasteiger partial charge on any atom is 0.182 e. The Labute approximate surface area is 120 Å². The number of benzene rings is 1. The second-order valence-corrected chi connectivity index (χ2v) is 8.05. The van der Waals surface area contributed by atoms with Crippen molar-refractivity contribution in [2.45, 2.75) is 55.1 Å². The Balaban J connectivity index is 1.97. The standard InChI is InChI=1S/C16H19NO2S/c17-11-14-4-1-2-7-16(14)20(18,19)15-9-8-12-5-3-6-13(12)10-15/h8-10,14,16H,1-7H2. The topological polar surface area (TPSA) is 57.9 Å². The van der Waals surface area contributed by atoms with Gasteiger partial charge < -0.3 is 0 Å². The van der Waals surface area contributed by atoms with Crippen LogP contribution in [0.15, 0.2) is 23.1 Å². The highest BCUT2D eigenvalue weighted by Gasteiger charge is 2.36. The van der Waals surface area contributed by atoms with E-state index in [1.54, 1.807) is 6.07 Å². The number of sulfone groups is 1. The molecule has 0 aromatic heterocycles. The third-order valence-corrected chi connectivity index (χ3v) is 6.94. The molecule has 1 aromatic carbocycles. The average molecular weight is 289 g/mol. The van der Waals surface area contributed by atoms with E-state index >= 15 is 0 Å². The molecule has 0 heterocycles. The number of nitriles is 1. The number of rotatable bonds is 2. The molecule has 1 aromatic rings. The Morgan fingerprint density at radius 1 is 1.05 bits per heavy atom. The van der Waals surface area contributed by atoms with Gasteiger partial charge in [0.15, 0.2) is 9.84 Å². The van der Waals surface area contributed by atoms with Gasteiger partial charge >= 0.3 is 0 Å². The second-order valence-electron chi connectivity index (χ2n) is 5.89.